The number of para-hydroxylation sites is 1. The van der Waals surface area contributed by atoms with E-state index in [9.17, 15) is 14.0 Å². The van der Waals surface area contributed by atoms with E-state index in [4.69, 9.17) is 4.74 Å². The van der Waals surface area contributed by atoms with Crippen molar-refractivity contribution in [1.82, 2.24) is 5.43 Å². The van der Waals surface area contributed by atoms with Crippen LogP contribution >= 0.6 is 31.9 Å². The van der Waals surface area contributed by atoms with E-state index in [1.54, 1.807) is 54.6 Å². The average molecular weight is 546 g/mol. The van der Waals surface area contributed by atoms with E-state index in [2.05, 4.69) is 37.3 Å². The van der Waals surface area contributed by atoms with Gasteiger partial charge in [-0.05, 0) is 73.8 Å². The summed E-state index contributed by atoms with van der Waals surface area (Å²) in [6, 6.07) is 18.7. The molecule has 1 heterocycles. The minimum absolute atomic E-state index is 0.0164. The molecule has 1 aliphatic rings. The summed E-state index contributed by atoms with van der Waals surface area (Å²) in [5.41, 5.74) is 4.20. The van der Waals surface area contributed by atoms with Gasteiger partial charge in [0, 0.05) is 5.56 Å². The second-order valence-electron chi connectivity index (χ2n) is 6.67. The minimum Gasteiger partial charge on any atom is -0.486 e. The number of carbonyl (C=O) groups excluding carboxylic acids is 2. The van der Waals surface area contributed by atoms with Gasteiger partial charge in [-0.25, -0.2) is 9.40 Å². The first-order valence-corrected chi connectivity index (χ1v) is 10.8. The van der Waals surface area contributed by atoms with Gasteiger partial charge < -0.3 is 4.74 Å². The SMILES string of the molecule is O=C1NN(c2ccccc2)C(=O)/C1=C\c1cc(Br)c(OCc2ccccc2F)c(Br)c1. The maximum Gasteiger partial charge on any atom is 0.282 e. The predicted molar refractivity (Wildman–Crippen MR) is 123 cm³/mol. The zero-order chi connectivity index (χ0) is 22.0. The average Bonchev–Trinajstić information content (AvgIpc) is 3.03. The zero-order valence-corrected chi connectivity index (χ0v) is 19.1. The fourth-order valence-corrected chi connectivity index (χ4v) is 4.50. The highest BCUT2D eigenvalue weighted by Crippen LogP contribution is 2.36. The maximum absolute atomic E-state index is 13.8. The van der Waals surface area contributed by atoms with Crippen LogP contribution in [0.25, 0.3) is 6.08 Å². The van der Waals surface area contributed by atoms with Gasteiger partial charge in [-0.3, -0.25) is 15.0 Å². The molecule has 0 bridgehead atoms. The molecule has 0 saturated carbocycles. The molecule has 5 nitrogen and oxygen atoms in total. The van der Waals surface area contributed by atoms with E-state index in [1.807, 2.05) is 6.07 Å². The van der Waals surface area contributed by atoms with Crippen molar-refractivity contribution < 1.29 is 18.7 Å². The van der Waals surface area contributed by atoms with Gasteiger partial charge in [0.05, 0.1) is 14.6 Å². The molecule has 31 heavy (non-hydrogen) atoms. The van der Waals surface area contributed by atoms with Gasteiger partial charge in [0.2, 0.25) is 0 Å². The lowest BCUT2D eigenvalue weighted by atomic mass is 10.1. The van der Waals surface area contributed by atoms with Crippen LogP contribution in [0.1, 0.15) is 11.1 Å². The van der Waals surface area contributed by atoms with E-state index >= 15 is 0 Å². The molecule has 4 rings (SSSR count). The molecule has 156 valence electrons. The number of carbonyl (C=O) groups is 2. The van der Waals surface area contributed by atoms with Crippen LogP contribution in [0.15, 0.2) is 81.2 Å². The number of benzene rings is 3. The molecule has 8 heteroatoms. The first kappa shape index (κ1) is 21.3. The molecule has 2 amide bonds. The third kappa shape index (κ3) is 4.55. The first-order valence-electron chi connectivity index (χ1n) is 9.21. The van der Waals surface area contributed by atoms with Crippen LogP contribution in [-0.2, 0) is 16.2 Å². The molecule has 0 spiro atoms. The second-order valence-corrected chi connectivity index (χ2v) is 8.38. The highest BCUT2D eigenvalue weighted by Gasteiger charge is 2.34. The fourth-order valence-electron chi connectivity index (χ4n) is 3.05. The number of nitrogens with zero attached hydrogens (tertiary/aromatic N) is 1. The largest absolute Gasteiger partial charge is 0.486 e. The molecule has 0 aliphatic carbocycles. The third-order valence-electron chi connectivity index (χ3n) is 4.57. The van der Waals surface area contributed by atoms with Crippen molar-refractivity contribution in [2.75, 3.05) is 5.01 Å². The van der Waals surface area contributed by atoms with Crippen LogP contribution in [0.2, 0.25) is 0 Å². The summed E-state index contributed by atoms with van der Waals surface area (Å²) in [5.74, 6) is -0.785. The Balaban J connectivity index is 1.56. The van der Waals surface area contributed by atoms with Gasteiger partial charge in [-0.2, -0.15) is 0 Å². The van der Waals surface area contributed by atoms with Crippen molar-refractivity contribution in [3.05, 3.63) is 98.2 Å². The number of anilines is 1. The molecule has 3 aromatic carbocycles. The summed E-state index contributed by atoms with van der Waals surface area (Å²) in [6.45, 7) is 0.0528. The first-order chi connectivity index (χ1) is 14.9. The van der Waals surface area contributed by atoms with Gasteiger partial charge in [-0.1, -0.05) is 36.4 Å². The molecule has 0 radical (unpaired) electrons. The molecule has 0 unspecified atom stereocenters. The third-order valence-corrected chi connectivity index (χ3v) is 5.75. The monoisotopic (exact) mass is 544 g/mol. The second kappa shape index (κ2) is 9.03. The van der Waals surface area contributed by atoms with Crippen LogP contribution in [0.4, 0.5) is 10.1 Å². The highest BCUT2D eigenvalue weighted by atomic mass is 79.9. The zero-order valence-electron chi connectivity index (χ0n) is 15.9. The Kier molecular flexibility index (Phi) is 6.20. The van der Waals surface area contributed by atoms with Crippen molar-refractivity contribution >= 4 is 55.4 Å². The van der Waals surface area contributed by atoms with Crippen LogP contribution in [0.5, 0.6) is 5.75 Å². The summed E-state index contributed by atoms with van der Waals surface area (Å²) in [5, 5.41) is 1.21. The van der Waals surface area contributed by atoms with Gasteiger partial charge in [0.15, 0.2) is 0 Å². The quantitative estimate of drug-likeness (QED) is 0.345. The standard InChI is InChI=1S/C23H15Br2FN2O3/c24-18-11-14(12-19(25)21(18)31-13-15-6-4-5-9-20(15)26)10-17-22(29)27-28(23(17)30)16-7-2-1-3-8-16/h1-12H,13H2,(H,27,29)/b17-10-. The van der Waals surface area contributed by atoms with Crippen LogP contribution in [0.3, 0.4) is 0 Å². The molecule has 1 fully saturated rings. The summed E-state index contributed by atoms with van der Waals surface area (Å²) in [4.78, 5) is 25.1. The normalized spacial score (nSPS) is 14.8. The van der Waals surface area contributed by atoms with E-state index in [-0.39, 0.29) is 18.0 Å². The molecule has 0 aromatic heterocycles. The molecular formula is C23H15Br2FN2O3. The van der Waals surface area contributed by atoms with Gasteiger partial charge in [-0.15, -0.1) is 0 Å². The van der Waals surface area contributed by atoms with Crippen LogP contribution in [-0.4, -0.2) is 11.8 Å². The van der Waals surface area contributed by atoms with Crippen molar-refractivity contribution in [1.29, 1.82) is 0 Å². The van der Waals surface area contributed by atoms with Crippen molar-refractivity contribution in [3.8, 4) is 5.75 Å². The van der Waals surface area contributed by atoms with E-state index in [0.29, 0.717) is 31.5 Å². The number of hydrazine groups is 1. The molecule has 3 aromatic rings. The Hall–Kier alpha value is -2.97. The Morgan fingerprint density at radius 2 is 1.61 bits per heavy atom. The Bertz CT molecular complexity index is 1180. The summed E-state index contributed by atoms with van der Waals surface area (Å²) in [7, 11) is 0. The summed E-state index contributed by atoms with van der Waals surface area (Å²) in [6.07, 6.45) is 1.51. The van der Waals surface area contributed by atoms with E-state index in [0.717, 1.165) is 0 Å². The number of hydrogen-bond donors (Lipinski definition) is 1. The number of nitrogens with one attached hydrogen (secondary N) is 1. The Morgan fingerprint density at radius 3 is 2.29 bits per heavy atom. The number of amides is 2. The van der Waals surface area contributed by atoms with Crippen molar-refractivity contribution in [2.24, 2.45) is 0 Å². The molecular weight excluding hydrogens is 531 g/mol. The predicted octanol–water partition coefficient (Wildman–Crippen LogP) is 5.39. The van der Waals surface area contributed by atoms with E-state index < -0.39 is 11.8 Å². The number of hydrogen-bond acceptors (Lipinski definition) is 3. The molecule has 0 atom stereocenters. The lowest BCUT2D eigenvalue weighted by Gasteiger charge is -2.14. The van der Waals surface area contributed by atoms with Crippen molar-refractivity contribution in [2.45, 2.75) is 6.61 Å². The van der Waals surface area contributed by atoms with Gasteiger partial charge in [0.25, 0.3) is 11.8 Å². The van der Waals surface area contributed by atoms with Crippen LogP contribution in [0, 0.1) is 5.82 Å². The lowest BCUT2D eigenvalue weighted by molar-refractivity contribution is -0.117. The smallest absolute Gasteiger partial charge is 0.282 e. The van der Waals surface area contributed by atoms with Gasteiger partial charge in [0.1, 0.15) is 23.7 Å². The highest BCUT2D eigenvalue weighted by molar-refractivity contribution is 9.11. The van der Waals surface area contributed by atoms with Gasteiger partial charge >= 0.3 is 0 Å². The number of halogens is 3. The fraction of sp³-hybridized carbons (Fsp3) is 0.0435. The van der Waals surface area contributed by atoms with Crippen LogP contribution < -0.4 is 15.2 Å². The molecule has 1 saturated heterocycles. The number of ether oxygens (including phenoxy) is 1. The summed E-state index contributed by atoms with van der Waals surface area (Å²) < 4.78 is 20.8. The Labute approximate surface area is 194 Å². The lowest BCUT2D eigenvalue weighted by Crippen LogP contribution is -2.35. The topological polar surface area (TPSA) is 58.6 Å². The van der Waals surface area contributed by atoms with E-state index in [1.165, 1.54) is 17.2 Å². The van der Waals surface area contributed by atoms with Crippen molar-refractivity contribution in [3.63, 3.8) is 0 Å². The minimum atomic E-state index is -0.485. The Morgan fingerprint density at radius 1 is 0.968 bits per heavy atom. The molecule has 1 N–H and O–H groups in total. The molecule has 1 aliphatic heterocycles. The summed E-state index contributed by atoms with van der Waals surface area (Å²) >= 11 is 6.89. The maximum atomic E-state index is 13.8. The number of rotatable bonds is 5.